The molecule has 0 atom stereocenters. The molecular weight excluding hydrogens is 302 g/mol. The van der Waals surface area contributed by atoms with Crippen LogP contribution in [0.25, 0.3) is 0 Å². The Balaban J connectivity index is 1.83. The van der Waals surface area contributed by atoms with E-state index >= 15 is 0 Å². The van der Waals surface area contributed by atoms with Crippen molar-refractivity contribution in [1.82, 2.24) is 10.2 Å². The van der Waals surface area contributed by atoms with Gasteiger partial charge in [0.25, 0.3) is 5.91 Å². The van der Waals surface area contributed by atoms with Crippen LogP contribution in [0.2, 0.25) is 0 Å². The normalized spacial score (nSPS) is 10.5. The van der Waals surface area contributed by atoms with E-state index in [1.54, 1.807) is 0 Å². The monoisotopic (exact) mass is 321 g/mol. The fourth-order valence-corrected chi connectivity index (χ4v) is 2.54. The summed E-state index contributed by atoms with van der Waals surface area (Å²) in [5.74, 6) is 0.648. The molecule has 22 heavy (non-hydrogen) atoms. The van der Waals surface area contributed by atoms with Crippen molar-refractivity contribution in [3.05, 3.63) is 34.3 Å². The molecule has 0 unspecified atom stereocenters. The van der Waals surface area contributed by atoms with Gasteiger partial charge in [0.2, 0.25) is 5.13 Å². The number of benzene rings is 1. The summed E-state index contributed by atoms with van der Waals surface area (Å²) in [6, 6.07) is 6.12. The number of carbonyl (C=O) groups is 1. The predicted octanol–water partition coefficient (Wildman–Crippen LogP) is 2.36. The van der Waals surface area contributed by atoms with Gasteiger partial charge in [0.1, 0.15) is 17.4 Å². The summed E-state index contributed by atoms with van der Waals surface area (Å²) in [6.07, 6.45) is 0.644. The Hall–Kier alpha value is -1.99. The Morgan fingerprint density at radius 2 is 2.14 bits per heavy atom. The molecule has 0 aliphatic rings. The molecule has 2 aromatic rings. The third-order valence-corrected chi connectivity index (χ3v) is 3.80. The van der Waals surface area contributed by atoms with Gasteiger partial charge < -0.3 is 9.47 Å². The maximum absolute atomic E-state index is 11.4. The molecule has 118 valence electrons. The molecule has 7 heteroatoms. The van der Waals surface area contributed by atoms with Crippen LogP contribution in [-0.2, 0) is 16.0 Å². The number of amides is 1. The van der Waals surface area contributed by atoms with E-state index in [0.29, 0.717) is 18.2 Å². The Bertz CT molecular complexity index is 643. The molecule has 0 saturated carbocycles. The van der Waals surface area contributed by atoms with Gasteiger partial charge in [-0.15, -0.1) is 10.2 Å². The molecule has 0 bridgehead atoms. The zero-order valence-electron chi connectivity index (χ0n) is 12.9. The van der Waals surface area contributed by atoms with Crippen molar-refractivity contribution in [2.75, 3.05) is 25.6 Å². The zero-order chi connectivity index (χ0) is 15.9. The summed E-state index contributed by atoms with van der Waals surface area (Å²) in [6.45, 7) is 4.57. The number of aryl methyl sites for hydroxylation is 2. The topological polar surface area (TPSA) is 73.3 Å². The second-order valence-corrected chi connectivity index (χ2v) is 5.91. The summed E-state index contributed by atoms with van der Waals surface area (Å²) in [4.78, 5) is 11.4. The van der Waals surface area contributed by atoms with E-state index in [9.17, 15) is 4.79 Å². The average Bonchev–Trinajstić information content (AvgIpc) is 2.90. The van der Waals surface area contributed by atoms with E-state index in [2.05, 4.69) is 21.6 Å². The molecule has 0 saturated heterocycles. The first-order chi connectivity index (χ1) is 10.6. The van der Waals surface area contributed by atoms with Crippen molar-refractivity contribution < 1.29 is 14.3 Å². The summed E-state index contributed by atoms with van der Waals surface area (Å²) >= 11 is 1.34. The molecule has 0 aliphatic heterocycles. The minimum absolute atomic E-state index is 0.00462. The van der Waals surface area contributed by atoms with Crippen molar-refractivity contribution in [2.24, 2.45) is 0 Å². The van der Waals surface area contributed by atoms with Gasteiger partial charge in [0, 0.05) is 13.5 Å². The summed E-state index contributed by atoms with van der Waals surface area (Å²) in [7, 11) is 1.47. The Morgan fingerprint density at radius 1 is 1.32 bits per heavy atom. The Labute approximate surface area is 133 Å². The van der Waals surface area contributed by atoms with Gasteiger partial charge >= 0.3 is 0 Å². The van der Waals surface area contributed by atoms with Gasteiger partial charge in [0.05, 0.1) is 6.61 Å². The maximum atomic E-state index is 11.4. The highest BCUT2D eigenvalue weighted by atomic mass is 32.1. The summed E-state index contributed by atoms with van der Waals surface area (Å²) in [5.41, 5.74) is 2.27. The molecular formula is C15H19N3O3S. The number of methoxy groups -OCH3 is 1. The van der Waals surface area contributed by atoms with Crippen LogP contribution < -0.4 is 10.1 Å². The fourth-order valence-electron chi connectivity index (χ4n) is 1.80. The third kappa shape index (κ3) is 4.78. The fraction of sp³-hybridized carbons (Fsp3) is 0.400. The molecule has 0 radical (unpaired) electrons. The number of carbonyl (C=O) groups excluding carboxylic acids is 1. The molecule has 0 spiro atoms. The van der Waals surface area contributed by atoms with Gasteiger partial charge in [-0.1, -0.05) is 23.5 Å². The Kier molecular flexibility index (Phi) is 5.85. The van der Waals surface area contributed by atoms with E-state index < -0.39 is 0 Å². The van der Waals surface area contributed by atoms with Crippen LogP contribution in [0.1, 0.15) is 16.1 Å². The lowest BCUT2D eigenvalue weighted by Gasteiger charge is -2.08. The van der Waals surface area contributed by atoms with E-state index in [1.165, 1.54) is 24.0 Å². The van der Waals surface area contributed by atoms with Crippen molar-refractivity contribution in [3.8, 4) is 5.75 Å². The first-order valence-electron chi connectivity index (χ1n) is 6.89. The number of ether oxygens (including phenoxy) is 2. The first kappa shape index (κ1) is 16.4. The highest BCUT2D eigenvalue weighted by Gasteiger charge is 2.08. The number of anilines is 1. The zero-order valence-corrected chi connectivity index (χ0v) is 13.7. The standard InChI is InChI=1S/C15H19N3O3S/c1-10-4-5-11(2)12(8-10)21-7-6-14-17-18-15(22-14)16-13(19)9-20-3/h4-5,8H,6-7,9H2,1-3H3,(H,16,18,19). The van der Waals surface area contributed by atoms with E-state index in [-0.39, 0.29) is 12.5 Å². The van der Waals surface area contributed by atoms with Gasteiger partial charge in [-0.3, -0.25) is 10.1 Å². The third-order valence-electron chi connectivity index (χ3n) is 2.91. The quantitative estimate of drug-likeness (QED) is 0.847. The smallest absolute Gasteiger partial charge is 0.252 e. The highest BCUT2D eigenvalue weighted by Crippen LogP contribution is 2.20. The van der Waals surface area contributed by atoms with Gasteiger partial charge in [-0.2, -0.15) is 0 Å². The molecule has 1 amide bonds. The molecule has 6 nitrogen and oxygen atoms in total. The minimum atomic E-state index is -0.239. The molecule has 0 aliphatic carbocycles. The molecule has 2 rings (SSSR count). The lowest BCUT2D eigenvalue weighted by molar-refractivity contribution is -0.119. The average molecular weight is 321 g/mol. The van der Waals surface area contributed by atoms with Gasteiger partial charge in [-0.25, -0.2) is 0 Å². The largest absolute Gasteiger partial charge is 0.493 e. The SMILES string of the molecule is COCC(=O)Nc1nnc(CCOc2cc(C)ccc2C)s1. The van der Waals surface area contributed by atoms with Crippen molar-refractivity contribution in [2.45, 2.75) is 20.3 Å². The lowest BCUT2D eigenvalue weighted by Crippen LogP contribution is -2.16. The van der Waals surface area contributed by atoms with Crippen LogP contribution in [0.3, 0.4) is 0 Å². The van der Waals surface area contributed by atoms with Gasteiger partial charge in [0.15, 0.2) is 0 Å². The molecule has 1 heterocycles. The number of aromatic nitrogens is 2. The van der Waals surface area contributed by atoms with E-state index in [1.807, 2.05) is 26.0 Å². The summed E-state index contributed by atoms with van der Waals surface area (Å²) < 4.78 is 10.5. The van der Waals surface area contributed by atoms with E-state index in [4.69, 9.17) is 9.47 Å². The number of hydrogen-bond donors (Lipinski definition) is 1. The van der Waals surface area contributed by atoms with E-state index in [0.717, 1.165) is 16.3 Å². The van der Waals surface area contributed by atoms with Gasteiger partial charge in [-0.05, 0) is 31.0 Å². The second-order valence-electron chi connectivity index (χ2n) is 4.85. The van der Waals surface area contributed by atoms with Crippen molar-refractivity contribution >= 4 is 22.4 Å². The molecule has 1 aromatic carbocycles. The highest BCUT2D eigenvalue weighted by molar-refractivity contribution is 7.15. The Morgan fingerprint density at radius 3 is 2.91 bits per heavy atom. The second kappa shape index (κ2) is 7.86. The summed E-state index contributed by atoms with van der Waals surface area (Å²) in [5, 5.41) is 11.9. The van der Waals surface area contributed by atoms with Crippen molar-refractivity contribution in [3.63, 3.8) is 0 Å². The molecule has 1 N–H and O–H groups in total. The number of nitrogens with zero attached hydrogens (tertiary/aromatic N) is 2. The molecule has 1 aromatic heterocycles. The predicted molar refractivity (Wildman–Crippen MR) is 85.5 cm³/mol. The van der Waals surface area contributed by atoms with Crippen LogP contribution >= 0.6 is 11.3 Å². The minimum Gasteiger partial charge on any atom is -0.493 e. The van der Waals surface area contributed by atoms with Crippen LogP contribution in [-0.4, -0.2) is 36.4 Å². The number of nitrogens with one attached hydrogen (secondary N) is 1. The first-order valence-corrected chi connectivity index (χ1v) is 7.71. The van der Waals surface area contributed by atoms with Crippen LogP contribution in [0.15, 0.2) is 18.2 Å². The maximum Gasteiger partial charge on any atom is 0.252 e. The van der Waals surface area contributed by atoms with Crippen molar-refractivity contribution in [1.29, 1.82) is 0 Å². The lowest BCUT2D eigenvalue weighted by atomic mass is 10.1. The number of hydrogen-bond acceptors (Lipinski definition) is 6. The molecule has 0 fully saturated rings. The number of rotatable bonds is 7. The van der Waals surface area contributed by atoms with Crippen LogP contribution in [0.5, 0.6) is 5.75 Å². The van der Waals surface area contributed by atoms with Crippen LogP contribution in [0, 0.1) is 13.8 Å². The van der Waals surface area contributed by atoms with Crippen LogP contribution in [0.4, 0.5) is 5.13 Å².